The highest BCUT2D eigenvalue weighted by Gasteiger charge is 2.46. The Morgan fingerprint density at radius 2 is 2.00 bits per heavy atom. The van der Waals surface area contributed by atoms with Gasteiger partial charge in [-0.1, -0.05) is 30.3 Å². The van der Waals surface area contributed by atoms with Crippen LogP contribution in [0.2, 0.25) is 0 Å². The Morgan fingerprint density at radius 1 is 1.17 bits per heavy atom. The Kier molecular flexibility index (Phi) is 3.58. The number of benzene rings is 1. The average molecular weight is 311 g/mol. The predicted octanol–water partition coefficient (Wildman–Crippen LogP) is 2.25. The second kappa shape index (κ2) is 5.74. The molecule has 0 unspecified atom stereocenters. The molecule has 0 saturated carbocycles. The molecule has 1 N–H and O–H groups in total. The van der Waals surface area contributed by atoms with Crippen molar-refractivity contribution < 1.29 is 9.18 Å². The van der Waals surface area contributed by atoms with Crippen molar-refractivity contribution in [3.8, 4) is 0 Å². The van der Waals surface area contributed by atoms with Gasteiger partial charge in [-0.25, -0.2) is 9.37 Å². The zero-order chi connectivity index (χ0) is 15.8. The molecular weight excluding hydrogens is 293 g/mol. The molecule has 4 rings (SSSR count). The lowest BCUT2D eigenvalue weighted by molar-refractivity contribution is 0.0708. The third kappa shape index (κ3) is 2.51. The Balaban J connectivity index is 1.68. The predicted molar refractivity (Wildman–Crippen MR) is 84.3 cm³/mol. The third-order valence-corrected chi connectivity index (χ3v) is 4.91. The van der Waals surface area contributed by atoms with Crippen LogP contribution in [0.1, 0.15) is 22.1 Å². The number of hydrogen-bond acceptors (Lipinski definition) is 3. The van der Waals surface area contributed by atoms with Crippen molar-refractivity contribution in [2.75, 3.05) is 19.6 Å². The zero-order valence-corrected chi connectivity index (χ0v) is 12.7. The minimum absolute atomic E-state index is 0.0514. The summed E-state index contributed by atoms with van der Waals surface area (Å²) in [6, 6.07) is 12.9. The molecular formula is C18H18FN3O. The fraction of sp³-hybridized carbons (Fsp3) is 0.333. The number of hydrogen-bond donors (Lipinski definition) is 1. The quantitative estimate of drug-likeness (QED) is 0.925. The van der Waals surface area contributed by atoms with Crippen molar-refractivity contribution in [3.63, 3.8) is 0 Å². The second-order valence-corrected chi connectivity index (χ2v) is 6.26. The van der Waals surface area contributed by atoms with Gasteiger partial charge < -0.3 is 10.2 Å². The van der Waals surface area contributed by atoms with Gasteiger partial charge in [0.25, 0.3) is 5.91 Å². The smallest absolute Gasteiger partial charge is 0.272 e. The summed E-state index contributed by atoms with van der Waals surface area (Å²) in [4.78, 5) is 18.8. The molecule has 2 aromatic rings. The summed E-state index contributed by atoms with van der Waals surface area (Å²) >= 11 is 0. The molecule has 118 valence electrons. The van der Waals surface area contributed by atoms with E-state index in [4.69, 9.17) is 0 Å². The molecule has 23 heavy (non-hydrogen) atoms. The van der Waals surface area contributed by atoms with Crippen molar-refractivity contribution in [1.29, 1.82) is 0 Å². The SMILES string of the molecule is O=C(c1ccc(F)cn1)N1C[C@@H]2CNC[C@@H]2[C@@H]1c1ccccc1. The third-order valence-electron chi connectivity index (χ3n) is 4.91. The normalized spacial score (nSPS) is 26.3. The first-order valence-corrected chi connectivity index (χ1v) is 7.92. The number of pyridine rings is 1. The first-order valence-electron chi connectivity index (χ1n) is 7.92. The molecule has 0 aliphatic carbocycles. The summed E-state index contributed by atoms with van der Waals surface area (Å²) in [5.74, 6) is 0.336. The number of carbonyl (C=O) groups is 1. The van der Waals surface area contributed by atoms with E-state index in [9.17, 15) is 9.18 Å². The fourth-order valence-corrected chi connectivity index (χ4v) is 3.86. The van der Waals surface area contributed by atoms with Crippen LogP contribution in [0.3, 0.4) is 0 Å². The fourth-order valence-electron chi connectivity index (χ4n) is 3.86. The summed E-state index contributed by atoms with van der Waals surface area (Å²) in [5.41, 5.74) is 1.46. The van der Waals surface area contributed by atoms with Gasteiger partial charge >= 0.3 is 0 Å². The van der Waals surface area contributed by atoms with Gasteiger partial charge in [-0.3, -0.25) is 4.79 Å². The first kappa shape index (κ1) is 14.3. The topological polar surface area (TPSA) is 45.2 Å². The lowest BCUT2D eigenvalue weighted by Gasteiger charge is -2.28. The Morgan fingerprint density at radius 3 is 2.74 bits per heavy atom. The molecule has 2 aliphatic heterocycles. The van der Waals surface area contributed by atoms with E-state index in [0.29, 0.717) is 17.5 Å². The Bertz CT molecular complexity index is 704. The molecule has 3 atom stereocenters. The number of amides is 1. The number of aromatic nitrogens is 1. The molecule has 5 heteroatoms. The molecule has 1 aromatic heterocycles. The number of nitrogens with one attached hydrogen (secondary N) is 1. The van der Waals surface area contributed by atoms with Crippen LogP contribution >= 0.6 is 0 Å². The van der Waals surface area contributed by atoms with E-state index in [1.165, 1.54) is 12.1 Å². The van der Waals surface area contributed by atoms with Crippen LogP contribution in [-0.4, -0.2) is 35.4 Å². The summed E-state index contributed by atoms with van der Waals surface area (Å²) in [7, 11) is 0. The molecule has 1 aromatic carbocycles. The maximum absolute atomic E-state index is 13.1. The van der Waals surface area contributed by atoms with Gasteiger partial charge in [-0.05, 0) is 23.6 Å². The van der Waals surface area contributed by atoms with Crippen LogP contribution in [0.4, 0.5) is 4.39 Å². The number of likely N-dealkylation sites (tertiary alicyclic amines) is 1. The van der Waals surface area contributed by atoms with E-state index in [1.807, 2.05) is 23.1 Å². The molecule has 2 fully saturated rings. The van der Waals surface area contributed by atoms with E-state index in [1.54, 1.807) is 0 Å². The van der Waals surface area contributed by atoms with Crippen LogP contribution in [0.5, 0.6) is 0 Å². The highest BCUT2D eigenvalue weighted by Crippen LogP contribution is 2.43. The lowest BCUT2D eigenvalue weighted by Crippen LogP contribution is -2.35. The maximum atomic E-state index is 13.1. The van der Waals surface area contributed by atoms with Crippen molar-refractivity contribution >= 4 is 5.91 Å². The summed E-state index contributed by atoms with van der Waals surface area (Å²) in [5, 5.41) is 3.43. The number of halogens is 1. The summed E-state index contributed by atoms with van der Waals surface area (Å²) in [6.45, 7) is 2.58. The van der Waals surface area contributed by atoms with Crippen molar-refractivity contribution in [3.05, 3.63) is 65.7 Å². The number of nitrogens with zero attached hydrogens (tertiary/aromatic N) is 2. The van der Waals surface area contributed by atoms with Crippen LogP contribution in [0, 0.1) is 17.7 Å². The highest BCUT2D eigenvalue weighted by molar-refractivity contribution is 5.92. The van der Waals surface area contributed by atoms with Crippen molar-refractivity contribution in [2.45, 2.75) is 6.04 Å². The molecule has 0 radical (unpaired) electrons. The Labute approximate surface area is 134 Å². The number of rotatable bonds is 2. The molecule has 3 heterocycles. The maximum Gasteiger partial charge on any atom is 0.272 e. The van der Waals surface area contributed by atoms with Gasteiger partial charge in [0, 0.05) is 25.6 Å². The summed E-state index contributed by atoms with van der Waals surface area (Å²) < 4.78 is 13.1. The van der Waals surface area contributed by atoms with Gasteiger partial charge in [-0.2, -0.15) is 0 Å². The average Bonchev–Trinajstić information content (AvgIpc) is 3.16. The molecule has 0 bridgehead atoms. The van der Waals surface area contributed by atoms with Gasteiger partial charge in [0.05, 0.1) is 12.2 Å². The molecule has 2 saturated heterocycles. The van der Waals surface area contributed by atoms with Gasteiger partial charge in [0.15, 0.2) is 0 Å². The summed E-state index contributed by atoms with van der Waals surface area (Å²) in [6.07, 6.45) is 1.10. The number of fused-ring (bicyclic) bond motifs is 1. The highest BCUT2D eigenvalue weighted by atomic mass is 19.1. The van der Waals surface area contributed by atoms with Crippen LogP contribution in [-0.2, 0) is 0 Å². The number of carbonyl (C=O) groups excluding carboxylic acids is 1. The van der Waals surface area contributed by atoms with Gasteiger partial charge in [0.1, 0.15) is 11.5 Å². The van der Waals surface area contributed by atoms with E-state index >= 15 is 0 Å². The van der Waals surface area contributed by atoms with E-state index < -0.39 is 5.82 Å². The van der Waals surface area contributed by atoms with Gasteiger partial charge in [0.2, 0.25) is 0 Å². The standard InChI is InChI=1S/C18H18FN3O/c19-14-6-7-16(21-9-14)18(23)22-11-13-8-20-10-15(13)17(22)12-4-2-1-3-5-12/h1-7,9,13,15,17,20H,8,10-11H2/t13-,15-,17-/m0/s1. The Hall–Kier alpha value is -2.27. The van der Waals surface area contributed by atoms with Crippen LogP contribution in [0.15, 0.2) is 48.7 Å². The second-order valence-electron chi connectivity index (χ2n) is 6.26. The largest absolute Gasteiger partial charge is 0.330 e. The van der Waals surface area contributed by atoms with Crippen LogP contribution in [0.25, 0.3) is 0 Å². The van der Waals surface area contributed by atoms with Gasteiger partial charge in [-0.15, -0.1) is 0 Å². The molecule has 2 aliphatic rings. The van der Waals surface area contributed by atoms with Crippen molar-refractivity contribution in [2.24, 2.45) is 11.8 Å². The minimum atomic E-state index is -0.427. The first-order chi connectivity index (χ1) is 11.2. The molecule has 1 amide bonds. The monoisotopic (exact) mass is 311 g/mol. The molecule has 0 spiro atoms. The van der Waals surface area contributed by atoms with Crippen LogP contribution < -0.4 is 5.32 Å². The van der Waals surface area contributed by atoms with E-state index in [0.717, 1.165) is 31.4 Å². The van der Waals surface area contributed by atoms with Crippen molar-refractivity contribution in [1.82, 2.24) is 15.2 Å². The zero-order valence-electron chi connectivity index (χ0n) is 12.7. The van der Waals surface area contributed by atoms with E-state index in [-0.39, 0.29) is 11.9 Å². The minimum Gasteiger partial charge on any atom is -0.330 e. The lowest BCUT2D eigenvalue weighted by atomic mass is 9.89. The molecule has 4 nitrogen and oxygen atoms in total. The van der Waals surface area contributed by atoms with E-state index in [2.05, 4.69) is 22.4 Å².